The van der Waals surface area contributed by atoms with Gasteiger partial charge >= 0.3 is 6.09 Å². The molecule has 0 spiro atoms. The Balaban J connectivity index is 2.43. The Bertz CT molecular complexity index is 723. The fraction of sp³-hybridized carbons (Fsp3) is 0.412. The van der Waals surface area contributed by atoms with Crippen LogP contribution in [0.15, 0.2) is 28.1 Å². The van der Waals surface area contributed by atoms with Gasteiger partial charge in [-0.15, -0.1) is 0 Å². The van der Waals surface area contributed by atoms with Crippen molar-refractivity contribution < 1.29 is 13.9 Å². The van der Waals surface area contributed by atoms with Crippen LogP contribution in [0.2, 0.25) is 0 Å². The zero-order valence-corrected chi connectivity index (χ0v) is 15.1. The molecule has 2 rings (SSSR count). The average Bonchev–Trinajstić information content (AvgIpc) is 2.81. The lowest BCUT2D eigenvalue weighted by molar-refractivity contribution is 0.143. The van der Waals surface area contributed by atoms with E-state index in [1.807, 2.05) is 27.7 Å². The van der Waals surface area contributed by atoms with Gasteiger partial charge in [-0.05, 0) is 43.0 Å². The Morgan fingerprint density at radius 3 is 2.46 bits per heavy atom. The second kappa shape index (κ2) is 7.70. The van der Waals surface area contributed by atoms with E-state index in [0.717, 1.165) is 26.7 Å². The van der Waals surface area contributed by atoms with E-state index in [9.17, 15) is 9.18 Å². The van der Waals surface area contributed by atoms with Crippen molar-refractivity contribution >= 4 is 17.9 Å². The molecule has 0 bridgehead atoms. The van der Waals surface area contributed by atoms with Crippen LogP contribution < -0.4 is 5.73 Å². The van der Waals surface area contributed by atoms with E-state index < -0.39 is 12.9 Å². The van der Waals surface area contributed by atoms with E-state index in [0.29, 0.717) is 5.82 Å². The number of aromatic nitrogens is 2. The molecule has 0 aliphatic rings. The molecule has 2 N–H and O–H groups in total. The summed E-state index contributed by atoms with van der Waals surface area (Å²) in [5, 5.41) is 0.723. The van der Waals surface area contributed by atoms with Crippen molar-refractivity contribution in [3.63, 3.8) is 0 Å². The van der Waals surface area contributed by atoms with Crippen molar-refractivity contribution in [1.82, 2.24) is 9.55 Å². The molecule has 0 saturated heterocycles. The molecule has 2 aromatic rings. The number of primary amides is 1. The molecular weight excluding hydrogens is 329 g/mol. The molecule has 1 aromatic heterocycles. The van der Waals surface area contributed by atoms with Crippen molar-refractivity contribution in [2.24, 2.45) is 5.73 Å². The van der Waals surface area contributed by atoms with Crippen LogP contribution in [-0.2, 0) is 18.1 Å². The second-order valence-corrected chi connectivity index (χ2v) is 7.02. The highest BCUT2D eigenvalue weighted by Crippen LogP contribution is 2.36. The van der Waals surface area contributed by atoms with E-state index in [2.05, 4.69) is 23.2 Å². The first kappa shape index (κ1) is 18.3. The van der Waals surface area contributed by atoms with E-state index >= 15 is 0 Å². The molecule has 1 amide bonds. The van der Waals surface area contributed by atoms with Crippen LogP contribution in [-0.4, -0.2) is 15.6 Å². The first-order valence-electron chi connectivity index (χ1n) is 7.65. The molecule has 0 radical (unpaired) electrons. The van der Waals surface area contributed by atoms with Gasteiger partial charge in [0.15, 0.2) is 13.4 Å². The molecule has 7 heteroatoms. The minimum absolute atomic E-state index is 0.110. The highest BCUT2D eigenvalue weighted by molar-refractivity contribution is 7.99. The number of carbonyl (C=O) groups is 1. The maximum absolute atomic E-state index is 13.6. The molecule has 5 nitrogen and oxygen atoms in total. The zero-order valence-electron chi connectivity index (χ0n) is 14.3. The first-order valence-corrected chi connectivity index (χ1v) is 8.47. The molecule has 0 aliphatic heterocycles. The minimum atomic E-state index is -0.905. The Hall–Kier alpha value is -2.02. The quantitative estimate of drug-likeness (QED) is 0.842. The van der Waals surface area contributed by atoms with Crippen LogP contribution in [0.5, 0.6) is 0 Å². The van der Waals surface area contributed by atoms with E-state index in [-0.39, 0.29) is 12.5 Å². The van der Waals surface area contributed by atoms with E-state index in [1.54, 1.807) is 0 Å². The number of rotatable bonds is 6. The summed E-state index contributed by atoms with van der Waals surface area (Å²) in [7, 11) is 0. The molecule has 0 unspecified atom stereocenters. The lowest BCUT2D eigenvalue weighted by Gasteiger charge is -2.11. The lowest BCUT2D eigenvalue weighted by Crippen LogP contribution is -2.15. The van der Waals surface area contributed by atoms with Crippen molar-refractivity contribution in [2.45, 2.75) is 56.9 Å². The highest BCUT2D eigenvalue weighted by Gasteiger charge is 2.21. The van der Waals surface area contributed by atoms with Gasteiger partial charge in [-0.25, -0.2) is 14.2 Å². The highest BCUT2D eigenvalue weighted by atomic mass is 32.2. The molecule has 0 aliphatic carbocycles. The zero-order chi connectivity index (χ0) is 17.9. The number of carbonyl (C=O) groups excluding carboxylic acids is 1. The van der Waals surface area contributed by atoms with E-state index in [4.69, 9.17) is 10.5 Å². The number of aryl methyl sites for hydroxylation is 2. The Kier molecular flexibility index (Phi) is 5.88. The van der Waals surface area contributed by atoms with E-state index in [1.165, 1.54) is 16.3 Å². The summed E-state index contributed by atoms with van der Waals surface area (Å²) >= 11 is 1.47. The Morgan fingerprint density at radius 2 is 1.96 bits per heavy atom. The van der Waals surface area contributed by atoms with Crippen molar-refractivity contribution in [1.29, 1.82) is 0 Å². The third kappa shape index (κ3) is 4.29. The predicted molar refractivity (Wildman–Crippen MR) is 91.8 cm³/mol. The SMILES string of the molecule is Cc1cc(C)cc(Sc2c(C(C)C)nc(COC(N)=O)n2CF)c1. The number of hydrogen-bond acceptors (Lipinski definition) is 4. The van der Waals surface area contributed by atoms with Crippen LogP contribution in [0.3, 0.4) is 0 Å². The fourth-order valence-electron chi connectivity index (χ4n) is 2.46. The second-order valence-electron chi connectivity index (χ2n) is 5.95. The summed E-state index contributed by atoms with van der Waals surface area (Å²) in [6.45, 7) is 7.15. The number of ether oxygens (including phenoxy) is 1. The van der Waals surface area contributed by atoms with Gasteiger partial charge in [0.05, 0.1) is 5.69 Å². The third-order valence-corrected chi connectivity index (χ3v) is 4.54. The van der Waals surface area contributed by atoms with Crippen LogP contribution >= 0.6 is 11.8 Å². The van der Waals surface area contributed by atoms with Gasteiger partial charge in [-0.3, -0.25) is 4.57 Å². The van der Waals surface area contributed by atoms with Crippen molar-refractivity contribution in [3.05, 3.63) is 40.8 Å². The molecule has 24 heavy (non-hydrogen) atoms. The number of nitrogens with zero attached hydrogens (tertiary/aromatic N) is 2. The van der Waals surface area contributed by atoms with Crippen molar-refractivity contribution in [3.8, 4) is 0 Å². The third-order valence-electron chi connectivity index (χ3n) is 3.45. The maximum atomic E-state index is 13.6. The molecule has 1 aromatic carbocycles. The molecule has 0 fully saturated rings. The van der Waals surface area contributed by atoms with Gasteiger partial charge in [0.2, 0.25) is 0 Å². The number of imidazole rings is 1. The molecule has 130 valence electrons. The summed E-state index contributed by atoms with van der Waals surface area (Å²) in [6, 6.07) is 6.19. The van der Waals surface area contributed by atoms with Gasteiger partial charge in [0.25, 0.3) is 0 Å². The van der Waals surface area contributed by atoms with Crippen LogP contribution in [0, 0.1) is 13.8 Å². The lowest BCUT2D eigenvalue weighted by atomic mass is 10.1. The molecule has 1 heterocycles. The van der Waals surface area contributed by atoms with Gasteiger partial charge in [0.1, 0.15) is 10.9 Å². The van der Waals surface area contributed by atoms with Gasteiger partial charge in [-0.2, -0.15) is 0 Å². The van der Waals surface area contributed by atoms with Crippen LogP contribution in [0.4, 0.5) is 9.18 Å². The number of nitrogens with two attached hydrogens (primary N) is 1. The minimum Gasteiger partial charge on any atom is -0.442 e. The first-order chi connectivity index (χ1) is 11.3. The number of hydrogen-bond donors (Lipinski definition) is 1. The van der Waals surface area contributed by atoms with Gasteiger partial charge in [-0.1, -0.05) is 31.7 Å². The fourth-order valence-corrected chi connectivity index (χ4v) is 3.82. The smallest absolute Gasteiger partial charge is 0.404 e. The summed E-state index contributed by atoms with van der Waals surface area (Å²) in [5.74, 6) is 0.463. The summed E-state index contributed by atoms with van der Waals surface area (Å²) in [4.78, 5) is 16.3. The average molecular weight is 351 g/mol. The number of amides is 1. The van der Waals surface area contributed by atoms with Crippen molar-refractivity contribution in [2.75, 3.05) is 0 Å². The standard InChI is InChI=1S/C17H22FN3O2S/c1-10(2)15-16(24-13-6-11(3)5-12(4)7-13)21(9-18)14(20-15)8-23-17(19)22/h5-7,10H,8-9H2,1-4H3,(H2,19,22). The Labute approximate surface area is 145 Å². The maximum Gasteiger partial charge on any atom is 0.404 e. The number of halogens is 1. The Morgan fingerprint density at radius 1 is 1.33 bits per heavy atom. The number of benzene rings is 1. The molecule has 0 saturated carbocycles. The largest absolute Gasteiger partial charge is 0.442 e. The molecular formula is C17H22FN3O2S. The summed E-state index contributed by atoms with van der Waals surface area (Å²) in [5.41, 5.74) is 8.06. The van der Waals surface area contributed by atoms with Crippen LogP contribution in [0.1, 0.15) is 42.4 Å². The van der Waals surface area contributed by atoms with Crippen LogP contribution in [0.25, 0.3) is 0 Å². The van der Waals surface area contributed by atoms with Gasteiger partial charge in [0, 0.05) is 4.90 Å². The summed E-state index contributed by atoms with van der Waals surface area (Å²) in [6.07, 6.45) is -0.905. The van der Waals surface area contributed by atoms with Gasteiger partial charge < -0.3 is 10.5 Å². The topological polar surface area (TPSA) is 70.1 Å². The summed E-state index contributed by atoms with van der Waals surface area (Å²) < 4.78 is 19.9. The normalized spacial score (nSPS) is 11.1. The molecule has 0 atom stereocenters. The number of alkyl halides is 1. The predicted octanol–water partition coefficient (Wildman–Crippen LogP) is 4.30. The monoisotopic (exact) mass is 351 g/mol.